The number of hydrogen-bond acceptors (Lipinski definition) is 4. The third kappa shape index (κ3) is 3.37. The molecule has 114 valence electrons. The van der Waals surface area contributed by atoms with E-state index in [2.05, 4.69) is 0 Å². The van der Waals surface area contributed by atoms with Crippen LogP contribution >= 0.6 is 0 Å². The van der Waals surface area contributed by atoms with Crippen LogP contribution < -0.4 is 0 Å². The number of rotatable bonds is 7. The maximum Gasteiger partial charge on any atom is 0.306 e. The van der Waals surface area contributed by atoms with Gasteiger partial charge in [-0.3, -0.25) is 9.59 Å². The Bertz CT molecular complexity index is 371. The lowest BCUT2D eigenvalue weighted by atomic mass is 9.87. The molecule has 20 heavy (non-hydrogen) atoms. The minimum atomic E-state index is -1.38. The van der Waals surface area contributed by atoms with Crippen LogP contribution in [0.5, 0.6) is 0 Å². The van der Waals surface area contributed by atoms with Crippen LogP contribution in [0.15, 0.2) is 0 Å². The van der Waals surface area contributed by atoms with Crippen molar-refractivity contribution in [2.45, 2.75) is 70.2 Å². The van der Waals surface area contributed by atoms with Gasteiger partial charge in [-0.1, -0.05) is 19.8 Å². The maximum atomic E-state index is 13.6. The van der Waals surface area contributed by atoms with Gasteiger partial charge < -0.3 is 9.84 Å². The number of unbranched alkanes of at least 4 members (excludes halogenated alkanes) is 1. The number of aliphatic hydroxyl groups is 1. The summed E-state index contributed by atoms with van der Waals surface area (Å²) in [6.07, 6.45) is 1.10. The first kappa shape index (κ1) is 15.4. The number of carbonyl (C=O) groups excluding carboxylic acids is 2. The molecule has 0 radical (unpaired) electrons. The molecule has 1 saturated carbocycles. The fourth-order valence-corrected chi connectivity index (χ4v) is 3.39. The number of carbonyl (C=O) groups is 2. The largest absolute Gasteiger partial charge is 0.462 e. The second-order valence-corrected chi connectivity index (χ2v) is 5.98. The average molecular weight is 286 g/mol. The van der Waals surface area contributed by atoms with Crippen LogP contribution in [0.1, 0.15) is 51.9 Å². The van der Waals surface area contributed by atoms with Crippen LogP contribution in [0.4, 0.5) is 4.39 Å². The second kappa shape index (κ2) is 6.66. The lowest BCUT2D eigenvalue weighted by Crippen LogP contribution is -2.23. The topological polar surface area (TPSA) is 63.6 Å². The number of Topliss-reactive ketones (excluding diaryl/α,β-unsaturated/α-hetero) is 1. The molecule has 0 aromatic carbocycles. The van der Waals surface area contributed by atoms with Crippen LogP contribution in [0.3, 0.4) is 0 Å². The predicted molar refractivity (Wildman–Crippen MR) is 70.8 cm³/mol. The molecule has 1 saturated heterocycles. The molecule has 1 heterocycles. The zero-order chi connectivity index (χ0) is 14.7. The van der Waals surface area contributed by atoms with Gasteiger partial charge in [0.15, 0.2) is 12.0 Å². The van der Waals surface area contributed by atoms with Crippen LogP contribution in [0.25, 0.3) is 0 Å². The Kier molecular flexibility index (Phi) is 5.13. The number of ketones is 1. The molecule has 0 bridgehead atoms. The Morgan fingerprint density at radius 1 is 1.55 bits per heavy atom. The fourth-order valence-electron chi connectivity index (χ4n) is 3.39. The average Bonchev–Trinajstić information content (AvgIpc) is 2.88. The normalized spacial score (nSPS) is 33.9. The third-order valence-corrected chi connectivity index (χ3v) is 4.57. The summed E-state index contributed by atoms with van der Waals surface area (Å²) in [5, 5.41) is 9.98. The molecular weight excluding hydrogens is 263 g/mol. The lowest BCUT2D eigenvalue weighted by Gasteiger charge is -2.19. The first-order chi connectivity index (χ1) is 9.52. The summed E-state index contributed by atoms with van der Waals surface area (Å²) >= 11 is 0. The smallest absolute Gasteiger partial charge is 0.306 e. The van der Waals surface area contributed by atoms with Gasteiger partial charge in [0.2, 0.25) is 0 Å². The SMILES string of the molecule is CCCCC(F)C(=O)CC[C@@H]1[C@H]2CC(=O)O[C@H]2C[C@H]1O. The Morgan fingerprint density at radius 3 is 3.00 bits per heavy atom. The Morgan fingerprint density at radius 2 is 2.30 bits per heavy atom. The van der Waals surface area contributed by atoms with E-state index in [0.29, 0.717) is 25.7 Å². The van der Waals surface area contributed by atoms with Gasteiger partial charge in [0.1, 0.15) is 6.10 Å². The van der Waals surface area contributed by atoms with Crippen LogP contribution in [0.2, 0.25) is 0 Å². The fraction of sp³-hybridized carbons (Fsp3) is 0.867. The number of hydrogen-bond donors (Lipinski definition) is 1. The van der Waals surface area contributed by atoms with E-state index in [9.17, 15) is 19.1 Å². The van der Waals surface area contributed by atoms with Gasteiger partial charge in [0.25, 0.3) is 0 Å². The van der Waals surface area contributed by atoms with Gasteiger partial charge in [-0.25, -0.2) is 4.39 Å². The standard InChI is InChI=1S/C15H23FO4/c1-2-3-4-11(16)12(17)6-5-9-10-7-15(19)20-14(10)8-13(9)18/h9-11,13-14,18H,2-8H2,1H3/t9-,10-,11?,13-,14+/m1/s1. The van der Waals surface area contributed by atoms with Crippen molar-refractivity contribution in [3.05, 3.63) is 0 Å². The molecule has 5 heteroatoms. The van der Waals surface area contributed by atoms with Crippen molar-refractivity contribution < 1.29 is 23.8 Å². The number of ether oxygens (including phenoxy) is 1. The third-order valence-electron chi connectivity index (χ3n) is 4.57. The number of fused-ring (bicyclic) bond motifs is 1. The van der Waals surface area contributed by atoms with Gasteiger partial charge >= 0.3 is 5.97 Å². The van der Waals surface area contributed by atoms with E-state index in [-0.39, 0.29) is 42.5 Å². The molecule has 0 aromatic rings. The van der Waals surface area contributed by atoms with Crippen LogP contribution in [0, 0.1) is 11.8 Å². The molecule has 1 aliphatic carbocycles. The van der Waals surface area contributed by atoms with E-state index in [1.165, 1.54) is 0 Å². The number of halogens is 1. The van der Waals surface area contributed by atoms with Gasteiger partial charge in [-0.15, -0.1) is 0 Å². The highest BCUT2D eigenvalue weighted by atomic mass is 19.1. The minimum absolute atomic E-state index is 0.000923. The van der Waals surface area contributed by atoms with Gasteiger partial charge in [-0.05, 0) is 18.8 Å². The molecule has 1 unspecified atom stereocenters. The molecule has 1 N–H and O–H groups in total. The van der Waals surface area contributed by atoms with Crippen molar-refractivity contribution in [2.24, 2.45) is 11.8 Å². The van der Waals surface area contributed by atoms with Crippen molar-refractivity contribution >= 4 is 11.8 Å². The quantitative estimate of drug-likeness (QED) is 0.729. The first-order valence-electron chi connectivity index (χ1n) is 7.57. The highest BCUT2D eigenvalue weighted by Crippen LogP contribution is 2.43. The summed E-state index contributed by atoms with van der Waals surface area (Å²) in [5.74, 6) is -0.721. The Hall–Kier alpha value is -0.970. The molecule has 2 aliphatic rings. The summed E-state index contributed by atoms with van der Waals surface area (Å²) < 4.78 is 18.7. The zero-order valence-electron chi connectivity index (χ0n) is 11.9. The summed E-state index contributed by atoms with van der Waals surface area (Å²) in [6.45, 7) is 1.96. The Balaban J connectivity index is 1.81. The molecule has 5 atom stereocenters. The summed E-state index contributed by atoms with van der Waals surface area (Å²) in [7, 11) is 0. The number of esters is 1. The van der Waals surface area contributed by atoms with Crippen LogP contribution in [-0.2, 0) is 14.3 Å². The maximum absolute atomic E-state index is 13.6. The molecule has 2 fully saturated rings. The van der Waals surface area contributed by atoms with Crippen molar-refractivity contribution in [3.8, 4) is 0 Å². The van der Waals surface area contributed by atoms with Crippen molar-refractivity contribution in [1.82, 2.24) is 0 Å². The molecule has 2 rings (SSSR count). The summed E-state index contributed by atoms with van der Waals surface area (Å²) in [6, 6.07) is 0. The Labute approximate surface area is 118 Å². The van der Waals surface area contributed by atoms with Crippen LogP contribution in [-0.4, -0.2) is 35.2 Å². The van der Waals surface area contributed by atoms with E-state index in [1.807, 2.05) is 6.92 Å². The zero-order valence-corrected chi connectivity index (χ0v) is 11.9. The first-order valence-corrected chi connectivity index (χ1v) is 7.57. The predicted octanol–water partition coefficient (Wildman–Crippen LogP) is 2.18. The number of aliphatic hydroxyl groups excluding tert-OH is 1. The molecule has 0 aromatic heterocycles. The molecule has 0 amide bonds. The van der Waals surface area contributed by atoms with Gasteiger partial charge in [0.05, 0.1) is 12.5 Å². The van der Waals surface area contributed by atoms with E-state index >= 15 is 0 Å². The number of alkyl halides is 1. The van der Waals surface area contributed by atoms with Crippen molar-refractivity contribution in [3.63, 3.8) is 0 Å². The highest BCUT2D eigenvalue weighted by molar-refractivity contribution is 5.82. The molecular formula is C15H23FO4. The second-order valence-electron chi connectivity index (χ2n) is 5.98. The van der Waals surface area contributed by atoms with E-state index < -0.39 is 12.3 Å². The van der Waals surface area contributed by atoms with Gasteiger partial charge in [-0.2, -0.15) is 0 Å². The monoisotopic (exact) mass is 286 g/mol. The summed E-state index contributed by atoms with van der Waals surface area (Å²) in [5.41, 5.74) is 0. The summed E-state index contributed by atoms with van der Waals surface area (Å²) in [4.78, 5) is 23.0. The van der Waals surface area contributed by atoms with Gasteiger partial charge in [0, 0.05) is 18.8 Å². The van der Waals surface area contributed by atoms with E-state index in [1.54, 1.807) is 0 Å². The minimum Gasteiger partial charge on any atom is -0.462 e. The molecule has 1 aliphatic heterocycles. The highest BCUT2D eigenvalue weighted by Gasteiger charge is 2.49. The van der Waals surface area contributed by atoms with E-state index in [4.69, 9.17) is 4.74 Å². The van der Waals surface area contributed by atoms with Crippen molar-refractivity contribution in [1.29, 1.82) is 0 Å². The lowest BCUT2D eigenvalue weighted by molar-refractivity contribution is -0.141. The van der Waals surface area contributed by atoms with E-state index in [0.717, 1.165) is 6.42 Å². The molecule has 4 nitrogen and oxygen atoms in total. The van der Waals surface area contributed by atoms with Crippen molar-refractivity contribution in [2.75, 3.05) is 0 Å². The molecule has 0 spiro atoms.